The zero-order valence-corrected chi connectivity index (χ0v) is 19.6. The first-order chi connectivity index (χ1) is 15.8. The van der Waals surface area contributed by atoms with Crippen LogP contribution in [0.4, 0.5) is 23.2 Å². The Labute approximate surface area is 195 Å². The van der Waals surface area contributed by atoms with Gasteiger partial charge in [0.2, 0.25) is 21.8 Å². The summed E-state index contributed by atoms with van der Waals surface area (Å²) in [6, 6.07) is 5.07. The van der Waals surface area contributed by atoms with E-state index < -0.39 is 39.7 Å². The van der Waals surface area contributed by atoms with E-state index >= 15 is 0 Å². The van der Waals surface area contributed by atoms with Gasteiger partial charge in [0.05, 0.1) is 24.6 Å². The van der Waals surface area contributed by atoms with Crippen molar-refractivity contribution in [1.82, 2.24) is 10.3 Å². The number of halogens is 4. The molecule has 34 heavy (non-hydrogen) atoms. The Bertz CT molecular complexity index is 1150. The fourth-order valence-corrected chi connectivity index (χ4v) is 3.32. The predicted octanol–water partition coefficient (Wildman–Crippen LogP) is 4.68. The predicted molar refractivity (Wildman–Crippen MR) is 120 cm³/mol. The molecule has 0 radical (unpaired) electrons. The van der Waals surface area contributed by atoms with Crippen LogP contribution in [0.3, 0.4) is 0 Å². The van der Waals surface area contributed by atoms with Crippen molar-refractivity contribution in [2.24, 2.45) is 0 Å². The number of hydrogen-bond donors (Lipinski definition) is 2. The van der Waals surface area contributed by atoms with Crippen LogP contribution in [0.15, 0.2) is 36.4 Å². The number of nitrogens with one attached hydrogen (secondary N) is 2. The van der Waals surface area contributed by atoms with Gasteiger partial charge in [-0.05, 0) is 49.2 Å². The molecule has 0 fully saturated rings. The molecule has 12 heteroatoms. The van der Waals surface area contributed by atoms with Crippen LogP contribution in [-0.2, 0) is 21.0 Å². The number of carbonyl (C=O) groups excluding carboxylic acids is 1. The SMILES string of the molecule is CCCCOc1nc(C(F)(F)F)ccc1C=CC(=O)NC(C)c1ccc(NS(C)(=O)=O)c(F)c1. The lowest BCUT2D eigenvalue weighted by atomic mass is 10.1. The van der Waals surface area contributed by atoms with E-state index in [1.165, 1.54) is 18.2 Å². The summed E-state index contributed by atoms with van der Waals surface area (Å²) in [5.74, 6) is -1.65. The summed E-state index contributed by atoms with van der Waals surface area (Å²) in [6.07, 6.45) is 0.0194. The molecule has 0 spiro atoms. The number of unbranched alkanes of at least 4 members (excludes halogenated alkanes) is 1. The summed E-state index contributed by atoms with van der Waals surface area (Å²) in [7, 11) is -3.65. The second kappa shape index (κ2) is 11.3. The Hall–Kier alpha value is -3.15. The zero-order valence-electron chi connectivity index (χ0n) is 18.7. The van der Waals surface area contributed by atoms with Gasteiger partial charge >= 0.3 is 6.18 Å². The highest BCUT2D eigenvalue weighted by atomic mass is 32.2. The van der Waals surface area contributed by atoms with Crippen LogP contribution in [0.2, 0.25) is 0 Å². The van der Waals surface area contributed by atoms with Crippen molar-refractivity contribution in [3.8, 4) is 5.88 Å². The van der Waals surface area contributed by atoms with E-state index in [0.717, 1.165) is 37.0 Å². The standard InChI is InChI=1S/C22H25F4N3O4S/c1-4-5-12-33-21-15(7-10-19(28-21)22(24,25)26)8-11-20(30)27-14(2)16-6-9-18(17(23)13-16)29-34(3,31)32/h6-11,13-14,29H,4-5,12H2,1-3H3,(H,27,30). The Morgan fingerprint density at radius 2 is 1.94 bits per heavy atom. The third-order valence-corrected chi connectivity index (χ3v) is 5.07. The van der Waals surface area contributed by atoms with Gasteiger partial charge in [-0.1, -0.05) is 19.4 Å². The number of nitrogens with zero attached hydrogens (tertiary/aromatic N) is 1. The second-order valence-corrected chi connectivity index (χ2v) is 9.22. The lowest BCUT2D eigenvalue weighted by Gasteiger charge is -2.15. The smallest absolute Gasteiger partial charge is 0.433 e. The summed E-state index contributed by atoms with van der Waals surface area (Å²) in [5, 5.41) is 2.60. The van der Waals surface area contributed by atoms with Gasteiger partial charge in [-0.15, -0.1) is 0 Å². The molecule has 0 aliphatic carbocycles. The maximum atomic E-state index is 14.2. The molecule has 2 N–H and O–H groups in total. The van der Waals surface area contributed by atoms with Crippen molar-refractivity contribution in [2.75, 3.05) is 17.6 Å². The minimum atomic E-state index is -4.64. The number of anilines is 1. The average Bonchev–Trinajstić information content (AvgIpc) is 2.72. The molecule has 0 aliphatic heterocycles. The Kier molecular flexibility index (Phi) is 9.02. The van der Waals surface area contributed by atoms with E-state index in [4.69, 9.17) is 4.74 Å². The quantitative estimate of drug-likeness (QED) is 0.279. The number of carbonyl (C=O) groups is 1. The molecule has 0 bridgehead atoms. The lowest BCUT2D eigenvalue weighted by molar-refractivity contribution is -0.141. The van der Waals surface area contributed by atoms with Gasteiger partial charge in [0.15, 0.2) is 0 Å². The number of hydrogen-bond acceptors (Lipinski definition) is 5. The van der Waals surface area contributed by atoms with E-state index in [9.17, 15) is 30.8 Å². The first-order valence-electron chi connectivity index (χ1n) is 10.3. The van der Waals surface area contributed by atoms with Gasteiger partial charge in [-0.3, -0.25) is 9.52 Å². The Morgan fingerprint density at radius 1 is 1.24 bits per heavy atom. The zero-order chi connectivity index (χ0) is 25.5. The number of rotatable bonds is 10. The van der Waals surface area contributed by atoms with Crippen LogP contribution < -0.4 is 14.8 Å². The normalized spacial score (nSPS) is 13.0. The first-order valence-corrected chi connectivity index (χ1v) is 12.2. The van der Waals surface area contributed by atoms with Crippen molar-refractivity contribution in [2.45, 2.75) is 38.9 Å². The lowest BCUT2D eigenvalue weighted by Crippen LogP contribution is -2.24. The van der Waals surface area contributed by atoms with Crippen molar-refractivity contribution >= 4 is 27.7 Å². The number of pyridine rings is 1. The average molecular weight is 504 g/mol. The molecule has 1 amide bonds. The van der Waals surface area contributed by atoms with Gasteiger partial charge in [-0.2, -0.15) is 13.2 Å². The van der Waals surface area contributed by atoms with Gasteiger partial charge in [-0.25, -0.2) is 17.8 Å². The van der Waals surface area contributed by atoms with Crippen LogP contribution >= 0.6 is 0 Å². The number of benzene rings is 1. The molecule has 7 nitrogen and oxygen atoms in total. The maximum absolute atomic E-state index is 14.2. The summed E-state index contributed by atoms with van der Waals surface area (Å²) < 4.78 is 83.1. The highest BCUT2D eigenvalue weighted by Gasteiger charge is 2.33. The fraction of sp³-hybridized carbons (Fsp3) is 0.364. The molecule has 0 aliphatic rings. The third-order valence-electron chi connectivity index (χ3n) is 4.48. The van der Waals surface area contributed by atoms with Gasteiger partial charge in [0, 0.05) is 11.6 Å². The number of amides is 1. The summed E-state index contributed by atoms with van der Waals surface area (Å²) in [6.45, 7) is 3.66. The van der Waals surface area contributed by atoms with E-state index in [1.54, 1.807) is 6.92 Å². The van der Waals surface area contributed by atoms with Crippen LogP contribution in [0.1, 0.15) is 49.6 Å². The third kappa shape index (κ3) is 8.32. The molecular formula is C22H25F4N3O4S. The van der Waals surface area contributed by atoms with Crippen molar-refractivity contribution < 1.29 is 35.5 Å². The van der Waals surface area contributed by atoms with Crippen LogP contribution in [0.25, 0.3) is 6.08 Å². The fourth-order valence-electron chi connectivity index (χ4n) is 2.76. The second-order valence-electron chi connectivity index (χ2n) is 7.47. The molecule has 1 heterocycles. The Morgan fingerprint density at radius 3 is 2.53 bits per heavy atom. The molecule has 1 atom stereocenters. The van der Waals surface area contributed by atoms with Crippen LogP contribution in [0, 0.1) is 5.82 Å². The van der Waals surface area contributed by atoms with Crippen LogP contribution in [-0.4, -0.2) is 32.2 Å². The first kappa shape index (κ1) is 27.1. The monoisotopic (exact) mass is 503 g/mol. The van der Waals surface area contributed by atoms with E-state index in [1.807, 2.05) is 11.6 Å². The molecule has 2 aromatic rings. The topological polar surface area (TPSA) is 97.4 Å². The molecule has 2 rings (SSSR count). The minimum Gasteiger partial charge on any atom is -0.477 e. The molecule has 0 saturated heterocycles. The highest BCUT2D eigenvalue weighted by Crippen LogP contribution is 2.30. The number of sulfonamides is 1. The molecule has 0 saturated carbocycles. The van der Waals surface area contributed by atoms with E-state index in [0.29, 0.717) is 12.0 Å². The van der Waals surface area contributed by atoms with Gasteiger partial charge in [0.1, 0.15) is 11.5 Å². The molecule has 186 valence electrons. The van der Waals surface area contributed by atoms with Crippen molar-refractivity contribution in [3.63, 3.8) is 0 Å². The maximum Gasteiger partial charge on any atom is 0.433 e. The largest absolute Gasteiger partial charge is 0.477 e. The van der Waals surface area contributed by atoms with Crippen molar-refractivity contribution in [3.05, 3.63) is 59.0 Å². The summed E-state index contributed by atoms with van der Waals surface area (Å²) in [4.78, 5) is 15.8. The van der Waals surface area contributed by atoms with Crippen LogP contribution in [0.5, 0.6) is 5.88 Å². The van der Waals surface area contributed by atoms with E-state index in [2.05, 4.69) is 10.3 Å². The molecule has 1 aromatic carbocycles. The minimum absolute atomic E-state index is 0.171. The number of ether oxygens (including phenoxy) is 1. The number of alkyl halides is 3. The van der Waals surface area contributed by atoms with Gasteiger partial charge < -0.3 is 10.1 Å². The molecular weight excluding hydrogens is 478 g/mol. The summed E-state index contributed by atoms with van der Waals surface area (Å²) in [5.41, 5.74) is -0.771. The summed E-state index contributed by atoms with van der Waals surface area (Å²) >= 11 is 0. The van der Waals surface area contributed by atoms with Crippen molar-refractivity contribution in [1.29, 1.82) is 0 Å². The molecule has 1 aromatic heterocycles. The highest BCUT2D eigenvalue weighted by molar-refractivity contribution is 7.92. The molecule has 1 unspecified atom stereocenters. The number of aromatic nitrogens is 1. The van der Waals surface area contributed by atoms with E-state index in [-0.39, 0.29) is 23.7 Å². The Balaban J connectivity index is 2.13. The van der Waals surface area contributed by atoms with Gasteiger partial charge in [0.25, 0.3) is 0 Å².